The zero-order valence-electron chi connectivity index (χ0n) is 13.2. The van der Waals surface area contributed by atoms with Crippen molar-refractivity contribution in [2.24, 2.45) is 0 Å². The second-order valence-corrected chi connectivity index (χ2v) is 6.01. The molecule has 0 spiro atoms. The molecule has 0 aliphatic carbocycles. The molecule has 0 unspecified atom stereocenters. The van der Waals surface area contributed by atoms with Crippen LogP contribution in [0.2, 0.25) is 0 Å². The summed E-state index contributed by atoms with van der Waals surface area (Å²) in [5.74, 6) is -0.641. The third-order valence-electron chi connectivity index (χ3n) is 3.45. The minimum Gasteiger partial charge on any atom is -0.497 e. The van der Waals surface area contributed by atoms with Crippen molar-refractivity contribution in [1.29, 1.82) is 0 Å². The van der Waals surface area contributed by atoms with E-state index >= 15 is 0 Å². The number of carbonyl (C=O) groups is 2. The van der Waals surface area contributed by atoms with Crippen LogP contribution in [0.4, 0.5) is 0 Å². The van der Waals surface area contributed by atoms with Gasteiger partial charge in [-0.25, -0.2) is 9.48 Å². The molecule has 3 rings (SSSR count). The molecule has 0 aliphatic rings. The molecule has 3 aromatic rings. The summed E-state index contributed by atoms with van der Waals surface area (Å²) >= 11 is 1.32. The molecule has 0 atom stereocenters. The maximum atomic E-state index is 12.5. The normalized spacial score (nSPS) is 10.9. The molecule has 0 fully saturated rings. The Kier molecular flexibility index (Phi) is 4.76. The highest BCUT2D eigenvalue weighted by Gasteiger charge is 2.16. The molecule has 0 radical (unpaired) electrons. The summed E-state index contributed by atoms with van der Waals surface area (Å²) in [6.07, 6.45) is 3.97. The molecule has 2 aromatic heterocycles. The van der Waals surface area contributed by atoms with E-state index in [-0.39, 0.29) is 5.91 Å². The lowest BCUT2D eigenvalue weighted by Gasteiger charge is -2.02. The lowest BCUT2D eigenvalue weighted by Crippen LogP contribution is -2.10. The van der Waals surface area contributed by atoms with Crippen molar-refractivity contribution >= 4 is 29.3 Å². The average Bonchev–Trinajstić information content (AvgIpc) is 3.29. The largest absolute Gasteiger partial charge is 0.497 e. The number of carboxylic acids is 1. The molecule has 0 amide bonds. The first-order valence-electron chi connectivity index (χ1n) is 7.32. The van der Waals surface area contributed by atoms with Crippen LogP contribution < -0.4 is 4.74 Å². The van der Waals surface area contributed by atoms with Gasteiger partial charge in [0.1, 0.15) is 11.4 Å². The Labute approximate surface area is 147 Å². The van der Waals surface area contributed by atoms with Gasteiger partial charge in [0, 0.05) is 23.4 Å². The predicted molar refractivity (Wildman–Crippen MR) is 94.9 cm³/mol. The molecule has 1 aromatic carbocycles. The predicted octanol–water partition coefficient (Wildman–Crippen LogP) is 3.41. The summed E-state index contributed by atoms with van der Waals surface area (Å²) in [6.45, 7) is 0. The highest BCUT2D eigenvalue weighted by Crippen LogP contribution is 2.26. The van der Waals surface area contributed by atoms with Gasteiger partial charge < -0.3 is 9.84 Å². The van der Waals surface area contributed by atoms with Crippen LogP contribution in [-0.2, 0) is 4.79 Å². The number of carbonyl (C=O) groups excluding carboxylic acids is 1. The third-order valence-corrected chi connectivity index (χ3v) is 4.31. The summed E-state index contributed by atoms with van der Waals surface area (Å²) in [4.78, 5) is 23.9. The first-order chi connectivity index (χ1) is 12.1. The number of aliphatic carboxylic acids is 1. The van der Waals surface area contributed by atoms with Gasteiger partial charge in [0.2, 0.25) is 0 Å². The second kappa shape index (κ2) is 7.14. The third kappa shape index (κ3) is 3.67. The van der Waals surface area contributed by atoms with Crippen LogP contribution in [0.1, 0.15) is 15.2 Å². The number of benzene rings is 1. The molecular formula is C18H14N2O4S. The first kappa shape index (κ1) is 16.7. The minimum absolute atomic E-state index is 0.264. The SMILES string of the molecule is COc1ccc(-c2nn(C(=O)c3cccs3)cc2/C=C/C(=O)O)cc1. The first-order valence-corrected chi connectivity index (χ1v) is 8.20. The zero-order chi connectivity index (χ0) is 17.8. The Balaban J connectivity index is 2.05. The Morgan fingerprint density at radius 1 is 1.24 bits per heavy atom. The van der Waals surface area contributed by atoms with Crippen molar-refractivity contribution < 1.29 is 19.4 Å². The number of thiophene rings is 1. The summed E-state index contributed by atoms with van der Waals surface area (Å²) in [5, 5.41) is 15.0. The van der Waals surface area contributed by atoms with E-state index in [0.29, 0.717) is 21.9 Å². The Hall–Kier alpha value is -3.19. The van der Waals surface area contributed by atoms with Gasteiger partial charge in [-0.3, -0.25) is 4.79 Å². The van der Waals surface area contributed by atoms with Gasteiger partial charge in [0.15, 0.2) is 0 Å². The molecule has 7 heteroatoms. The van der Waals surface area contributed by atoms with Crippen LogP contribution in [0, 0.1) is 0 Å². The Morgan fingerprint density at radius 3 is 2.60 bits per heavy atom. The van der Waals surface area contributed by atoms with Crippen molar-refractivity contribution in [2.75, 3.05) is 7.11 Å². The van der Waals surface area contributed by atoms with E-state index in [1.54, 1.807) is 43.5 Å². The topological polar surface area (TPSA) is 81.4 Å². The maximum absolute atomic E-state index is 12.5. The van der Waals surface area contributed by atoms with E-state index in [2.05, 4.69) is 5.10 Å². The maximum Gasteiger partial charge on any atom is 0.328 e. The number of rotatable bonds is 5. The number of hydrogen-bond acceptors (Lipinski definition) is 5. The van der Waals surface area contributed by atoms with Crippen molar-refractivity contribution in [2.45, 2.75) is 0 Å². The smallest absolute Gasteiger partial charge is 0.328 e. The van der Waals surface area contributed by atoms with Crippen LogP contribution in [0.25, 0.3) is 17.3 Å². The molecule has 0 aliphatic heterocycles. The van der Waals surface area contributed by atoms with E-state index in [0.717, 1.165) is 11.6 Å². The number of methoxy groups -OCH3 is 1. The number of nitrogens with zero attached hydrogens (tertiary/aromatic N) is 2. The number of carboxylic acid groups (broad SMARTS) is 1. The van der Waals surface area contributed by atoms with Gasteiger partial charge in [-0.15, -0.1) is 11.3 Å². The lowest BCUT2D eigenvalue weighted by molar-refractivity contribution is -0.131. The fourth-order valence-corrected chi connectivity index (χ4v) is 2.92. The second-order valence-electron chi connectivity index (χ2n) is 5.06. The van der Waals surface area contributed by atoms with Gasteiger partial charge in [-0.1, -0.05) is 6.07 Å². The summed E-state index contributed by atoms with van der Waals surface area (Å²) < 4.78 is 6.37. The summed E-state index contributed by atoms with van der Waals surface area (Å²) in [5.41, 5.74) is 1.81. The molecule has 6 nitrogen and oxygen atoms in total. The molecule has 0 bridgehead atoms. The van der Waals surface area contributed by atoms with Crippen LogP contribution in [0.15, 0.2) is 54.1 Å². The van der Waals surface area contributed by atoms with E-state index < -0.39 is 5.97 Å². The van der Waals surface area contributed by atoms with E-state index in [1.807, 2.05) is 5.38 Å². The van der Waals surface area contributed by atoms with E-state index in [9.17, 15) is 9.59 Å². The zero-order valence-corrected chi connectivity index (χ0v) is 14.1. The number of aromatic nitrogens is 2. The monoisotopic (exact) mass is 354 g/mol. The highest BCUT2D eigenvalue weighted by molar-refractivity contribution is 7.12. The fourth-order valence-electron chi connectivity index (χ4n) is 2.26. The molecule has 0 saturated heterocycles. The quantitative estimate of drug-likeness (QED) is 0.710. The molecule has 2 heterocycles. The van der Waals surface area contributed by atoms with Crippen LogP contribution in [-0.4, -0.2) is 33.9 Å². The number of ether oxygens (including phenoxy) is 1. The molecule has 0 saturated carbocycles. The van der Waals surface area contributed by atoms with Crippen molar-refractivity contribution in [3.8, 4) is 17.0 Å². The van der Waals surface area contributed by atoms with Crippen molar-refractivity contribution in [3.63, 3.8) is 0 Å². The van der Waals surface area contributed by atoms with Crippen LogP contribution >= 0.6 is 11.3 Å². The van der Waals surface area contributed by atoms with Crippen LogP contribution in [0.3, 0.4) is 0 Å². The minimum atomic E-state index is -1.07. The summed E-state index contributed by atoms with van der Waals surface area (Å²) in [7, 11) is 1.57. The summed E-state index contributed by atoms with van der Waals surface area (Å²) in [6, 6.07) is 10.7. The van der Waals surface area contributed by atoms with Gasteiger partial charge >= 0.3 is 5.97 Å². The molecule has 1 N–H and O–H groups in total. The van der Waals surface area contributed by atoms with Gasteiger partial charge in [-0.2, -0.15) is 5.10 Å². The van der Waals surface area contributed by atoms with Crippen molar-refractivity contribution in [1.82, 2.24) is 9.78 Å². The molecule has 25 heavy (non-hydrogen) atoms. The Bertz CT molecular complexity index is 925. The van der Waals surface area contributed by atoms with Gasteiger partial charge in [0.05, 0.1) is 12.0 Å². The van der Waals surface area contributed by atoms with Gasteiger partial charge in [0.25, 0.3) is 5.91 Å². The van der Waals surface area contributed by atoms with E-state index in [4.69, 9.17) is 9.84 Å². The standard InChI is InChI=1S/C18H14N2O4S/c1-24-14-7-4-12(5-8-14)17-13(6-9-16(21)22)11-20(19-17)18(23)15-3-2-10-25-15/h2-11H,1H3,(H,21,22)/b9-6+. The van der Waals surface area contributed by atoms with Crippen molar-refractivity contribution in [3.05, 3.63) is 64.5 Å². The Morgan fingerprint density at radius 2 is 2.00 bits per heavy atom. The molecule has 126 valence electrons. The highest BCUT2D eigenvalue weighted by atomic mass is 32.1. The number of hydrogen-bond donors (Lipinski definition) is 1. The van der Waals surface area contributed by atoms with E-state index in [1.165, 1.54) is 28.3 Å². The lowest BCUT2D eigenvalue weighted by atomic mass is 10.1. The fraction of sp³-hybridized carbons (Fsp3) is 0.0556. The van der Waals surface area contributed by atoms with Gasteiger partial charge in [-0.05, 0) is 41.8 Å². The molecular weight excluding hydrogens is 340 g/mol. The average molecular weight is 354 g/mol. The van der Waals surface area contributed by atoms with Crippen LogP contribution in [0.5, 0.6) is 5.75 Å².